The van der Waals surface area contributed by atoms with Crippen LogP contribution in [0.1, 0.15) is 11.4 Å². The first-order valence-corrected chi connectivity index (χ1v) is 6.05. The molecular formula is C10H12N4O3S. The molecule has 0 radical (unpaired) electrons. The second kappa shape index (κ2) is 5.15. The van der Waals surface area contributed by atoms with Gasteiger partial charge in [-0.05, 0) is 6.92 Å². The SMILES string of the molecule is Cc1cn2c(CC(=O)NOCC(N)=O)csc2n1. The molecule has 3 N–H and O–H groups in total. The highest BCUT2D eigenvalue weighted by Gasteiger charge is 2.10. The highest BCUT2D eigenvalue weighted by molar-refractivity contribution is 7.15. The number of rotatable bonds is 5. The molecular weight excluding hydrogens is 256 g/mol. The van der Waals surface area contributed by atoms with Crippen LogP contribution in [0.5, 0.6) is 0 Å². The van der Waals surface area contributed by atoms with Gasteiger partial charge < -0.3 is 5.73 Å². The number of imidazole rings is 1. The molecule has 0 bridgehead atoms. The average molecular weight is 268 g/mol. The molecule has 2 aromatic rings. The second-order valence-electron chi connectivity index (χ2n) is 3.72. The third-order valence-electron chi connectivity index (χ3n) is 2.15. The number of thiazole rings is 1. The lowest BCUT2D eigenvalue weighted by atomic mass is 10.3. The summed E-state index contributed by atoms with van der Waals surface area (Å²) in [6.07, 6.45) is 2.01. The highest BCUT2D eigenvalue weighted by Crippen LogP contribution is 2.16. The molecule has 0 aliphatic carbocycles. The number of primary amides is 1. The Hall–Kier alpha value is -1.93. The van der Waals surface area contributed by atoms with Crippen LogP contribution in [-0.4, -0.2) is 27.8 Å². The Morgan fingerprint density at radius 3 is 3.11 bits per heavy atom. The van der Waals surface area contributed by atoms with E-state index in [1.165, 1.54) is 11.3 Å². The van der Waals surface area contributed by atoms with Crippen molar-refractivity contribution in [3.05, 3.63) is 23.0 Å². The quantitative estimate of drug-likeness (QED) is 0.732. The Labute approximate surface area is 107 Å². The van der Waals surface area contributed by atoms with E-state index >= 15 is 0 Å². The summed E-state index contributed by atoms with van der Waals surface area (Å²) in [4.78, 5) is 31.7. The van der Waals surface area contributed by atoms with Crippen molar-refractivity contribution in [1.29, 1.82) is 0 Å². The number of nitrogens with zero attached hydrogens (tertiary/aromatic N) is 2. The smallest absolute Gasteiger partial charge is 0.249 e. The van der Waals surface area contributed by atoms with Crippen LogP contribution in [0.4, 0.5) is 0 Å². The van der Waals surface area contributed by atoms with Gasteiger partial charge in [-0.2, -0.15) is 0 Å². The molecule has 0 fully saturated rings. The third-order valence-corrected chi connectivity index (χ3v) is 3.03. The minimum Gasteiger partial charge on any atom is -0.368 e. The molecule has 0 aliphatic heterocycles. The summed E-state index contributed by atoms with van der Waals surface area (Å²) in [5.74, 6) is -0.985. The summed E-state index contributed by atoms with van der Waals surface area (Å²) in [6.45, 7) is 1.55. The lowest BCUT2D eigenvalue weighted by Crippen LogP contribution is -2.30. The van der Waals surface area contributed by atoms with E-state index in [0.29, 0.717) is 0 Å². The maximum Gasteiger partial charge on any atom is 0.249 e. The highest BCUT2D eigenvalue weighted by atomic mass is 32.1. The van der Waals surface area contributed by atoms with Crippen LogP contribution < -0.4 is 11.2 Å². The molecule has 2 aromatic heterocycles. The lowest BCUT2D eigenvalue weighted by molar-refractivity contribution is -0.137. The molecule has 0 unspecified atom stereocenters. The number of hydroxylamine groups is 1. The number of fused-ring (bicyclic) bond motifs is 1. The Bertz CT molecular complexity index is 589. The Balaban J connectivity index is 1.96. The predicted molar refractivity (Wildman–Crippen MR) is 64.8 cm³/mol. The number of aromatic nitrogens is 2. The zero-order valence-corrected chi connectivity index (χ0v) is 10.5. The van der Waals surface area contributed by atoms with Crippen molar-refractivity contribution in [3.63, 3.8) is 0 Å². The largest absolute Gasteiger partial charge is 0.368 e. The topological polar surface area (TPSA) is 98.7 Å². The molecule has 0 aliphatic rings. The molecule has 0 aromatic carbocycles. The summed E-state index contributed by atoms with van der Waals surface area (Å²) in [5, 5.41) is 1.86. The second-order valence-corrected chi connectivity index (χ2v) is 4.56. The van der Waals surface area contributed by atoms with Crippen molar-refractivity contribution < 1.29 is 14.4 Å². The number of hydrogen-bond acceptors (Lipinski definition) is 5. The Morgan fingerprint density at radius 1 is 1.61 bits per heavy atom. The van der Waals surface area contributed by atoms with Gasteiger partial charge in [0.05, 0.1) is 12.1 Å². The molecule has 7 nitrogen and oxygen atoms in total. The van der Waals surface area contributed by atoms with Gasteiger partial charge in [0.15, 0.2) is 11.6 Å². The van der Waals surface area contributed by atoms with Gasteiger partial charge in [0.1, 0.15) is 0 Å². The predicted octanol–water partition coefficient (Wildman–Crippen LogP) is -0.220. The lowest BCUT2D eigenvalue weighted by Gasteiger charge is -2.03. The summed E-state index contributed by atoms with van der Waals surface area (Å²) < 4.78 is 1.85. The number of nitrogens with one attached hydrogen (secondary N) is 1. The van der Waals surface area contributed by atoms with Crippen LogP contribution in [0.25, 0.3) is 4.96 Å². The van der Waals surface area contributed by atoms with E-state index in [1.54, 1.807) is 0 Å². The van der Waals surface area contributed by atoms with E-state index in [0.717, 1.165) is 16.3 Å². The molecule has 0 spiro atoms. The summed E-state index contributed by atoms with van der Waals surface area (Å²) >= 11 is 1.46. The van der Waals surface area contributed by atoms with Crippen LogP contribution in [0.2, 0.25) is 0 Å². The van der Waals surface area contributed by atoms with Crippen molar-refractivity contribution in [1.82, 2.24) is 14.9 Å². The van der Waals surface area contributed by atoms with E-state index in [4.69, 9.17) is 5.73 Å². The van der Waals surface area contributed by atoms with Crippen molar-refractivity contribution in [2.75, 3.05) is 6.61 Å². The van der Waals surface area contributed by atoms with Gasteiger partial charge in [-0.25, -0.2) is 10.5 Å². The van der Waals surface area contributed by atoms with Gasteiger partial charge in [-0.15, -0.1) is 11.3 Å². The van der Waals surface area contributed by atoms with Crippen LogP contribution >= 0.6 is 11.3 Å². The molecule has 0 saturated heterocycles. The van der Waals surface area contributed by atoms with Gasteiger partial charge in [0.25, 0.3) is 0 Å². The van der Waals surface area contributed by atoms with Gasteiger partial charge in [-0.1, -0.05) is 0 Å². The first-order valence-electron chi connectivity index (χ1n) is 5.17. The van der Waals surface area contributed by atoms with E-state index < -0.39 is 5.91 Å². The van der Waals surface area contributed by atoms with Gasteiger partial charge in [-0.3, -0.25) is 18.8 Å². The molecule has 0 saturated carbocycles. The Morgan fingerprint density at radius 2 is 2.39 bits per heavy atom. The van der Waals surface area contributed by atoms with Gasteiger partial charge in [0, 0.05) is 17.3 Å². The summed E-state index contributed by atoms with van der Waals surface area (Å²) in [7, 11) is 0. The minimum absolute atomic E-state index is 0.147. The maximum atomic E-state index is 11.5. The average Bonchev–Trinajstić information content (AvgIpc) is 2.79. The molecule has 96 valence electrons. The number of carbonyl (C=O) groups excluding carboxylic acids is 2. The van der Waals surface area contributed by atoms with Gasteiger partial charge >= 0.3 is 0 Å². The normalized spacial score (nSPS) is 10.7. The Kier molecular flexibility index (Phi) is 3.58. The number of amides is 2. The van der Waals surface area contributed by atoms with Crippen molar-refractivity contribution in [2.45, 2.75) is 13.3 Å². The van der Waals surface area contributed by atoms with E-state index in [-0.39, 0.29) is 18.9 Å². The van der Waals surface area contributed by atoms with Crippen molar-refractivity contribution in [2.24, 2.45) is 5.73 Å². The fourth-order valence-corrected chi connectivity index (χ4v) is 2.38. The minimum atomic E-state index is -0.640. The zero-order chi connectivity index (χ0) is 13.1. The van der Waals surface area contributed by atoms with Crippen LogP contribution in [0, 0.1) is 6.92 Å². The first kappa shape index (κ1) is 12.5. The molecule has 8 heteroatoms. The van der Waals surface area contributed by atoms with Gasteiger partial charge in [0.2, 0.25) is 11.8 Å². The number of carbonyl (C=O) groups is 2. The monoisotopic (exact) mass is 268 g/mol. The summed E-state index contributed by atoms with van der Waals surface area (Å²) in [5.41, 5.74) is 8.73. The molecule has 18 heavy (non-hydrogen) atoms. The van der Waals surface area contributed by atoms with Crippen LogP contribution in [0.15, 0.2) is 11.6 Å². The zero-order valence-electron chi connectivity index (χ0n) is 9.67. The maximum absolute atomic E-state index is 11.5. The van der Waals surface area contributed by atoms with E-state index in [1.807, 2.05) is 22.9 Å². The molecule has 2 heterocycles. The van der Waals surface area contributed by atoms with E-state index in [2.05, 4.69) is 15.3 Å². The first-order chi connectivity index (χ1) is 8.56. The standard InChI is InChI=1S/C10H12N4O3S/c1-6-3-14-7(5-18-10(14)12-6)2-9(16)13-17-4-8(11)15/h3,5H,2,4H2,1H3,(H2,11,15)(H,13,16). The van der Waals surface area contributed by atoms with E-state index in [9.17, 15) is 9.59 Å². The fourth-order valence-electron chi connectivity index (χ4n) is 1.46. The molecule has 2 rings (SSSR count). The number of nitrogens with two attached hydrogens (primary N) is 1. The van der Waals surface area contributed by atoms with Crippen molar-refractivity contribution >= 4 is 28.1 Å². The number of hydrogen-bond donors (Lipinski definition) is 2. The molecule has 0 atom stereocenters. The molecule has 2 amide bonds. The third kappa shape index (κ3) is 2.84. The van der Waals surface area contributed by atoms with Crippen LogP contribution in [0.3, 0.4) is 0 Å². The fraction of sp³-hybridized carbons (Fsp3) is 0.300. The summed E-state index contributed by atoms with van der Waals surface area (Å²) in [6, 6.07) is 0. The number of aryl methyl sites for hydroxylation is 1. The van der Waals surface area contributed by atoms with Crippen LogP contribution in [-0.2, 0) is 20.8 Å². The van der Waals surface area contributed by atoms with Crippen molar-refractivity contribution in [3.8, 4) is 0 Å².